The molecule has 0 spiro atoms. The molecule has 0 aliphatic heterocycles. The van der Waals surface area contributed by atoms with Gasteiger partial charge < -0.3 is 4.57 Å². The first-order chi connectivity index (χ1) is 10.4. The van der Waals surface area contributed by atoms with Gasteiger partial charge in [-0.1, -0.05) is 76.2 Å². The van der Waals surface area contributed by atoms with Gasteiger partial charge >= 0.3 is 0 Å². The second kappa shape index (κ2) is 6.84. The van der Waals surface area contributed by atoms with Gasteiger partial charge in [-0.05, 0) is 29.9 Å². The molecular formula is C20H26OP. The molecule has 2 aromatic carbocycles. The maximum atomic E-state index is 13.5. The third-order valence-corrected chi connectivity index (χ3v) is 7.16. The predicted octanol–water partition coefficient (Wildman–Crippen LogP) is 5.08. The molecule has 22 heavy (non-hydrogen) atoms. The van der Waals surface area contributed by atoms with Crippen LogP contribution in [0.5, 0.6) is 0 Å². The van der Waals surface area contributed by atoms with E-state index in [1.807, 2.05) is 24.3 Å². The van der Waals surface area contributed by atoms with Gasteiger partial charge in [-0.25, -0.2) is 0 Å². The average Bonchev–Trinajstić information content (AvgIpc) is 2.54. The molecule has 0 fully saturated rings. The van der Waals surface area contributed by atoms with Gasteiger partial charge in [-0.2, -0.15) is 0 Å². The van der Waals surface area contributed by atoms with E-state index in [9.17, 15) is 4.57 Å². The number of benzene rings is 2. The number of hydrogen-bond donors (Lipinski definition) is 0. The highest BCUT2D eigenvalue weighted by molar-refractivity contribution is 7.78. The minimum absolute atomic E-state index is 0.412. The molecule has 1 radical (unpaired) electrons. The topological polar surface area (TPSA) is 17.1 Å². The van der Waals surface area contributed by atoms with Crippen molar-refractivity contribution in [2.45, 2.75) is 39.5 Å². The zero-order chi connectivity index (χ0) is 16.3. The normalized spacial score (nSPS) is 12.1. The summed E-state index contributed by atoms with van der Waals surface area (Å²) in [5.74, 6) is 0.969. The van der Waals surface area contributed by atoms with E-state index < -0.39 is 7.14 Å². The molecule has 0 aliphatic carbocycles. The minimum Gasteiger partial charge on any atom is -0.314 e. The molecular weight excluding hydrogens is 287 g/mol. The lowest BCUT2D eigenvalue weighted by Crippen LogP contribution is -2.18. The Balaban J connectivity index is 2.41. The molecule has 0 aromatic heterocycles. The van der Waals surface area contributed by atoms with Crippen molar-refractivity contribution in [2.24, 2.45) is 0 Å². The monoisotopic (exact) mass is 313 g/mol. The summed E-state index contributed by atoms with van der Waals surface area (Å²) in [7, 11) is -2.62. The molecule has 2 rings (SSSR count). The van der Waals surface area contributed by atoms with Gasteiger partial charge in [-0.3, -0.25) is 0 Å². The summed E-state index contributed by atoms with van der Waals surface area (Å²) < 4.78 is 13.5. The third kappa shape index (κ3) is 3.36. The lowest BCUT2D eigenvalue weighted by Gasteiger charge is -2.19. The highest BCUT2D eigenvalue weighted by atomic mass is 31.2. The first-order valence-corrected chi connectivity index (χ1v) is 9.87. The Hall–Kier alpha value is -1.33. The summed E-state index contributed by atoms with van der Waals surface area (Å²) in [6, 6.07) is 16.4. The lowest BCUT2D eigenvalue weighted by molar-refractivity contribution is 0.588. The Bertz CT molecular complexity index is 596. The SMILES string of the molecule is [CH2]CP(=O)(c1ccc(C(C)C)cc1)c1ccc(C(C)C)cc1. The van der Waals surface area contributed by atoms with Crippen LogP contribution in [0, 0.1) is 6.92 Å². The summed E-state index contributed by atoms with van der Waals surface area (Å²) in [5.41, 5.74) is 2.55. The second-order valence-electron chi connectivity index (χ2n) is 6.46. The van der Waals surface area contributed by atoms with Gasteiger partial charge in [0.1, 0.15) is 7.14 Å². The van der Waals surface area contributed by atoms with Gasteiger partial charge in [-0.15, -0.1) is 0 Å². The Morgan fingerprint density at radius 2 is 1.09 bits per heavy atom. The quantitative estimate of drug-likeness (QED) is 0.703. The zero-order valence-electron chi connectivity index (χ0n) is 14.0. The van der Waals surface area contributed by atoms with Crippen molar-refractivity contribution in [3.63, 3.8) is 0 Å². The number of hydrogen-bond acceptors (Lipinski definition) is 1. The molecule has 0 amide bonds. The largest absolute Gasteiger partial charge is 0.314 e. The van der Waals surface area contributed by atoms with Crippen LogP contribution in [0.3, 0.4) is 0 Å². The van der Waals surface area contributed by atoms with Crippen LogP contribution in [-0.2, 0) is 4.57 Å². The van der Waals surface area contributed by atoms with Gasteiger partial charge in [0.05, 0.1) is 0 Å². The van der Waals surface area contributed by atoms with Gasteiger partial charge in [0, 0.05) is 16.8 Å². The van der Waals surface area contributed by atoms with Crippen LogP contribution in [0.25, 0.3) is 0 Å². The van der Waals surface area contributed by atoms with Gasteiger partial charge in [0.25, 0.3) is 0 Å². The third-order valence-electron chi connectivity index (χ3n) is 4.27. The summed E-state index contributed by atoms with van der Waals surface area (Å²) in [4.78, 5) is 0. The fourth-order valence-electron chi connectivity index (χ4n) is 2.61. The highest BCUT2D eigenvalue weighted by Gasteiger charge is 2.25. The maximum Gasteiger partial charge on any atom is 0.143 e. The van der Waals surface area contributed by atoms with E-state index in [-0.39, 0.29) is 0 Å². The summed E-state index contributed by atoms with van der Waals surface area (Å²) in [5, 5.41) is 1.81. The molecule has 0 aliphatic rings. The van der Waals surface area contributed by atoms with Crippen LogP contribution >= 0.6 is 7.14 Å². The first-order valence-electron chi connectivity index (χ1n) is 7.98. The van der Waals surface area contributed by atoms with Crippen LogP contribution in [-0.4, -0.2) is 6.16 Å². The molecule has 0 bridgehead atoms. The first kappa shape index (κ1) is 17.0. The van der Waals surface area contributed by atoms with Gasteiger partial charge in [0.2, 0.25) is 0 Å². The minimum atomic E-state index is -2.62. The fraction of sp³-hybridized carbons (Fsp3) is 0.350. The van der Waals surface area contributed by atoms with E-state index in [1.54, 1.807) is 0 Å². The average molecular weight is 313 g/mol. The van der Waals surface area contributed by atoms with E-state index in [4.69, 9.17) is 0 Å². The van der Waals surface area contributed by atoms with Crippen LogP contribution in [0.1, 0.15) is 50.7 Å². The Labute approximate surface area is 135 Å². The lowest BCUT2D eigenvalue weighted by atomic mass is 10.0. The molecule has 0 atom stereocenters. The van der Waals surface area contributed by atoms with Crippen molar-refractivity contribution in [1.82, 2.24) is 0 Å². The van der Waals surface area contributed by atoms with Crippen molar-refractivity contribution >= 4 is 17.8 Å². The molecule has 0 saturated carbocycles. The molecule has 0 N–H and O–H groups in total. The van der Waals surface area contributed by atoms with E-state index in [0.29, 0.717) is 18.0 Å². The smallest absolute Gasteiger partial charge is 0.143 e. The molecule has 1 nitrogen and oxygen atoms in total. The summed E-state index contributed by atoms with van der Waals surface area (Å²) >= 11 is 0. The molecule has 0 unspecified atom stereocenters. The Morgan fingerprint density at radius 1 is 0.773 bits per heavy atom. The van der Waals surface area contributed by atoms with Crippen molar-refractivity contribution in [1.29, 1.82) is 0 Å². The molecule has 0 saturated heterocycles. The van der Waals surface area contributed by atoms with Crippen LogP contribution in [0.4, 0.5) is 0 Å². The second-order valence-corrected chi connectivity index (χ2v) is 9.42. The van der Waals surface area contributed by atoms with Crippen molar-refractivity contribution in [3.05, 3.63) is 66.6 Å². The Morgan fingerprint density at radius 3 is 1.32 bits per heavy atom. The number of rotatable bonds is 5. The highest BCUT2D eigenvalue weighted by Crippen LogP contribution is 2.43. The van der Waals surface area contributed by atoms with Crippen LogP contribution < -0.4 is 10.6 Å². The van der Waals surface area contributed by atoms with Crippen molar-refractivity contribution in [2.75, 3.05) is 6.16 Å². The van der Waals surface area contributed by atoms with E-state index in [0.717, 1.165) is 10.6 Å². The maximum absolute atomic E-state index is 13.5. The van der Waals surface area contributed by atoms with Gasteiger partial charge in [0.15, 0.2) is 0 Å². The summed E-state index contributed by atoms with van der Waals surface area (Å²) in [6.45, 7) is 12.6. The van der Waals surface area contributed by atoms with Crippen LogP contribution in [0.2, 0.25) is 0 Å². The van der Waals surface area contributed by atoms with E-state index in [2.05, 4.69) is 58.9 Å². The van der Waals surface area contributed by atoms with Crippen molar-refractivity contribution < 1.29 is 4.57 Å². The van der Waals surface area contributed by atoms with E-state index >= 15 is 0 Å². The molecule has 117 valence electrons. The van der Waals surface area contributed by atoms with E-state index in [1.165, 1.54) is 11.1 Å². The standard InChI is InChI=1S/C20H26OP/c1-6-22(21,19-11-7-17(8-12-19)15(2)3)20-13-9-18(10-14-20)16(4)5/h7-16H,1,6H2,2-5H3. The Kier molecular flexibility index (Phi) is 5.29. The predicted molar refractivity (Wildman–Crippen MR) is 98.2 cm³/mol. The molecule has 2 aromatic rings. The van der Waals surface area contributed by atoms with Crippen molar-refractivity contribution in [3.8, 4) is 0 Å². The molecule has 0 heterocycles. The molecule has 2 heteroatoms. The van der Waals surface area contributed by atoms with Crippen LogP contribution in [0.15, 0.2) is 48.5 Å². The summed E-state index contributed by atoms with van der Waals surface area (Å²) in [6.07, 6.45) is 0.412. The fourth-order valence-corrected chi connectivity index (χ4v) is 4.68. The zero-order valence-corrected chi connectivity index (χ0v) is 14.9.